The van der Waals surface area contributed by atoms with Crippen LogP contribution >= 0.6 is 0 Å². The van der Waals surface area contributed by atoms with Crippen LogP contribution in [0, 0.1) is 5.92 Å². The van der Waals surface area contributed by atoms with Crippen molar-refractivity contribution in [1.29, 1.82) is 0 Å². The van der Waals surface area contributed by atoms with Gasteiger partial charge in [0, 0.05) is 7.11 Å². The summed E-state index contributed by atoms with van der Waals surface area (Å²) in [5, 5.41) is 0. The molecule has 60 valence electrons. The molecule has 0 bridgehead atoms. The van der Waals surface area contributed by atoms with E-state index in [1.165, 1.54) is 12.8 Å². The third-order valence-electron chi connectivity index (χ3n) is 1.34. The molecule has 0 saturated heterocycles. The highest BCUT2D eigenvalue weighted by molar-refractivity contribution is 4.81. The molecule has 0 atom stereocenters. The molecule has 0 N–H and O–H groups in total. The molecular formula is C9H18O. The Balaban J connectivity index is 3.02. The third kappa shape index (κ3) is 7.70. The number of methoxy groups -OCH3 is 1. The minimum Gasteiger partial charge on any atom is -0.381 e. The van der Waals surface area contributed by atoms with Crippen molar-refractivity contribution in [1.82, 2.24) is 0 Å². The van der Waals surface area contributed by atoms with Crippen LogP contribution in [0.15, 0.2) is 12.2 Å². The second-order valence-corrected chi connectivity index (χ2v) is 2.90. The molecule has 0 aliphatic heterocycles. The SMILES string of the molecule is COC/C=C/CCC(C)C. The average molecular weight is 142 g/mol. The zero-order chi connectivity index (χ0) is 7.82. The van der Waals surface area contributed by atoms with E-state index in [2.05, 4.69) is 26.0 Å². The van der Waals surface area contributed by atoms with Crippen LogP contribution < -0.4 is 0 Å². The Hall–Kier alpha value is -0.300. The summed E-state index contributed by atoms with van der Waals surface area (Å²) in [5.74, 6) is 0.812. The first kappa shape index (κ1) is 9.70. The van der Waals surface area contributed by atoms with E-state index in [-0.39, 0.29) is 0 Å². The van der Waals surface area contributed by atoms with E-state index in [0.717, 1.165) is 12.5 Å². The molecule has 0 fully saturated rings. The fourth-order valence-corrected chi connectivity index (χ4v) is 0.712. The molecule has 0 radical (unpaired) electrons. The van der Waals surface area contributed by atoms with Gasteiger partial charge >= 0.3 is 0 Å². The van der Waals surface area contributed by atoms with Gasteiger partial charge in [-0.25, -0.2) is 0 Å². The number of ether oxygens (including phenoxy) is 1. The Bertz CT molecular complexity index is 84.7. The van der Waals surface area contributed by atoms with E-state index in [9.17, 15) is 0 Å². The molecule has 0 rings (SSSR count). The van der Waals surface area contributed by atoms with E-state index >= 15 is 0 Å². The Morgan fingerprint density at radius 2 is 2.00 bits per heavy atom. The van der Waals surface area contributed by atoms with Crippen LogP contribution in [0.1, 0.15) is 26.7 Å². The van der Waals surface area contributed by atoms with Crippen LogP contribution in [0.25, 0.3) is 0 Å². The molecule has 0 saturated carbocycles. The van der Waals surface area contributed by atoms with E-state index in [0.29, 0.717) is 0 Å². The highest BCUT2D eigenvalue weighted by Crippen LogP contribution is 2.03. The molecule has 0 spiro atoms. The monoisotopic (exact) mass is 142 g/mol. The standard InChI is InChI=1S/C9H18O/c1-9(2)7-5-4-6-8-10-3/h4,6,9H,5,7-8H2,1-3H3/b6-4+. The summed E-state index contributed by atoms with van der Waals surface area (Å²) < 4.78 is 4.86. The molecule has 0 amide bonds. The Morgan fingerprint density at radius 1 is 1.30 bits per heavy atom. The van der Waals surface area contributed by atoms with Crippen LogP contribution in [-0.2, 0) is 4.74 Å². The summed E-state index contributed by atoms with van der Waals surface area (Å²) in [7, 11) is 1.72. The average Bonchev–Trinajstić information content (AvgIpc) is 1.87. The van der Waals surface area contributed by atoms with Crippen molar-refractivity contribution in [3.05, 3.63) is 12.2 Å². The van der Waals surface area contributed by atoms with E-state index in [4.69, 9.17) is 4.74 Å². The summed E-state index contributed by atoms with van der Waals surface area (Å²) in [6.45, 7) is 5.23. The summed E-state index contributed by atoms with van der Waals surface area (Å²) in [6, 6.07) is 0. The lowest BCUT2D eigenvalue weighted by Gasteiger charge is -1.98. The smallest absolute Gasteiger partial charge is 0.0643 e. The summed E-state index contributed by atoms with van der Waals surface area (Å²) >= 11 is 0. The molecule has 0 aromatic carbocycles. The van der Waals surface area contributed by atoms with Gasteiger partial charge in [-0.15, -0.1) is 0 Å². The van der Waals surface area contributed by atoms with Crippen molar-refractivity contribution >= 4 is 0 Å². The van der Waals surface area contributed by atoms with Crippen molar-refractivity contribution in [2.24, 2.45) is 5.92 Å². The quantitative estimate of drug-likeness (QED) is 0.536. The molecule has 0 unspecified atom stereocenters. The maximum absolute atomic E-state index is 4.86. The first-order chi connectivity index (χ1) is 4.77. The van der Waals surface area contributed by atoms with Gasteiger partial charge in [-0.1, -0.05) is 26.0 Å². The second kappa shape index (κ2) is 6.81. The maximum atomic E-state index is 4.86. The van der Waals surface area contributed by atoms with Crippen molar-refractivity contribution in [3.63, 3.8) is 0 Å². The summed E-state index contributed by atoms with van der Waals surface area (Å²) in [6.07, 6.45) is 6.72. The lowest BCUT2D eigenvalue weighted by atomic mass is 10.1. The van der Waals surface area contributed by atoms with Gasteiger partial charge in [0.15, 0.2) is 0 Å². The zero-order valence-electron chi connectivity index (χ0n) is 7.26. The van der Waals surface area contributed by atoms with Gasteiger partial charge in [-0.2, -0.15) is 0 Å². The van der Waals surface area contributed by atoms with Gasteiger partial charge in [0.05, 0.1) is 6.61 Å². The van der Waals surface area contributed by atoms with Crippen molar-refractivity contribution in [2.75, 3.05) is 13.7 Å². The van der Waals surface area contributed by atoms with Gasteiger partial charge in [-0.3, -0.25) is 0 Å². The minimum atomic E-state index is 0.748. The molecule has 1 heteroatoms. The van der Waals surface area contributed by atoms with Crippen LogP contribution in [0.2, 0.25) is 0 Å². The van der Waals surface area contributed by atoms with Gasteiger partial charge in [-0.05, 0) is 18.8 Å². The predicted octanol–water partition coefficient (Wildman–Crippen LogP) is 2.63. The van der Waals surface area contributed by atoms with Gasteiger partial charge in [0.1, 0.15) is 0 Å². The minimum absolute atomic E-state index is 0.748. The number of hydrogen-bond acceptors (Lipinski definition) is 1. The number of rotatable bonds is 5. The highest BCUT2D eigenvalue weighted by atomic mass is 16.5. The number of hydrogen-bond donors (Lipinski definition) is 0. The Labute approximate surface area is 64.1 Å². The summed E-state index contributed by atoms with van der Waals surface area (Å²) in [4.78, 5) is 0. The van der Waals surface area contributed by atoms with Crippen molar-refractivity contribution in [2.45, 2.75) is 26.7 Å². The molecule has 10 heavy (non-hydrogen) atoms. The summed E-state index contributed by atoms with van der Waals surface area (Å²) in [5.41, 5.74) is 0. The Kier molecular flexibility index (Phi) is 6.61. The molecule has 0 aliphatic carbocycles. The van der Waals surface area contributed by atoms with E-state index < -0.39 is 0 Å². The normalized spacial score (nSPS) is 11.6. The van der Waals surface area contributed by atoms with E-state index in [1.54, 1.807) is 7.11 Å². The van der Waals surface area contributed by atoms with Gasteiger partial charge in [0.25, 0.3) is 0 Å². The molecule has 0 aromatic heterocycles. The number of allylic oxidation sites excluding steroid dienone is 1. The third-order valence-corrected chi connectivity index (χ3v) is 1.34. The first-order valence-electron chi connectivity index (χ1n) is 3.91. The fourth-order valence-electron chi connectivity index (χ4n) is 0.712. The molecule has 1 nitrogen and oxygen atoms in total. The van der Waals surface area contributed by atoms with E-state index in [1.807, 2.05) is 0 Å². The lowest BCUT2D eigenvalue weighted by molar-refractivity contribution is 0.233. The largest absolute Gasteiger partial charge is 0.381 e. The van der Waals surface area contributed by atoms with Crippen molar-refractivity contribution < 1.29 is 4.74 Å². The molecular weight excluding hydrogens is 124 g/mol. The highest BCUT2D eigenvalue weighted by Gasteiger charge is 1.88. The molecule has 0 heterocycles. The van der Waals surface area contributed by atoms with Crippen LogP contribution in [0.5, 0.6) is 0 Å². The zero-order valence-corrected chi connectivity index (χ0v) is 7.26. The van der Waals surface area contributed by atoms with Crippen LogP contribution in [0.3, 0.4) is 0 Å². The van der Waals surface area contributed by atoms with Crippen LogP contribution in [-0.4, -0.2) is 13.7 Å². The maximum Gasteiger partial charge on any atom is 0.0643 e. The van der Waals surface area contributed by atoms with Crippen molar-refractivity contribution in [3.8, 4) is 0 Å². The van der Waals surface area contributed by atoms with Gasteiger partial charge in [0.2, 0.25) is 0 Å². The van der Waals surface area contributed by atoms with Crippen LogP contribution in [0.4, 0.5) is 0 Å². The predicted molar refractivity (Wildman–Crippen MR) is 45.1 cm³/mol. The lowest BCUT2D eigenvalue weighted by Crippen LogP contribution is -1.85. The van der Waals surface area contributed by atoms with Gasteiger partial charge < -0.3 is 4.74 Å². The molecule has 0 aliphatic rings. The molecule has 0 aromatic rings. The second-order valence-electron chi connectivity index (χ2n) is 2.90. The Morgan fingerprint density at radius 3 is 2.50 bits per heavy atom. The topological polar surface area (TPSA) is 9.23 Å². The fraction of sp³-hybridized carbons (Fsp3) is 0.778. The first-order valence-corrected chi connectivity index (χ1v) is 3.91.